The Balaban J connectivity index is 2.44. The van der Waals surface area contributed by atoms with Crippen LogP contribution in [0, 0.1) is 0 Å². The van der Waals surface area contributed by atoms with Gasteiger partial charge in [-0.25, -0.2) is 0 Å². The average molecular weight is 422 g/mol. The fourth-order valence-electron chi connectivity index (χ4n) is 3.94. The standard InChI is InChI=1S/C21H18F8/c1-3-13-5-9-15(10-6-13)17(16-11-7-14(4-2)8-12-16)18(22,23)20(26,27)21(28,29)19(17,24)25/h5-12H,3-4H2,1-2H3. The first-order valence-electron chi connectivity index (χ1n) is 9.03. The number of alkyl halides is 8. The lowest BCUT2D eigenvalue weighted by Gasteiger charge is -2.39. The van der Waals surface area contributed by atoms with E-state index < -0.39 is 40.2 Å². The van der Waals surface area contributed by atoms with Crippen LogP contribution in [0.1, 0.15) is 36.1 Å². The van der Waals surface area contributed by atoms with E-state index in [-0.39, 0.29) is 0 Å². The second-order valence-electron chi connectivity index (χ2n) is 7.15. The summed E-state index contributed by atoms with van der Waals surface area (Å²) >= 11 is 0. The molecule has 0 aliphatic heterocycles. The molecule has 8 heteroatoms. The molecular weight excluding hydrogens is 404 g/mol. The van der Waals surface area contributed by atoms with Crippen LogP contribution in [-0.4, -0.2) is 23.7 Å². The van der Waals surface area contributed by atoms with Gasteiger partial charge in [0.05, 0.1) is 0 Å². The minimum atomic E-state index is -6.27. The van der Waals surface area contributed by atoms with Gasteiger partial charge in [-0.1, -0.05) is 62.4 Å². The Morgan fingerprint density at radius 2 is 0.759 bits per heavy atom. The van der Waals surface area contributed by atoms with Crippen LogP contribution in [0.25, 0.3) is 0 Å². The Kier molecular flexibility index (Phi) is 4.79. The number of hydrogen-bond acceptors (Lipinski definition) is 0. The SMILES string of the molecule is CCc1ccc(C2(c3ccc(CC)cc3)C(F)(F)C(F)(F)C(F)(F)C2(F)F)cc1. The van der Waals surface area contributed by atoms with Crippen molar-refractivity contribution in [3.05, 3.63) is 70.8 Å². The summed E-state index contributed by atoms with van der Waals surface area (Å²) in [4.78, 5) is 0. The molecule has 0 N–H and O–H groups in total. The van der Waals surface area contributed by atoms with Gasteiger partial charge >= 0.3 is 23.7 Å². The molecule has 0 atom stereocenters. The van der Waals surface area contributed by atoms with Crippen LogP contribution in [-0.2, 0) is 18.3 Å². The fraction of sp³-hybridized carbons (Fsp3) is 0.429. The quantitative estimate of drug-likeness (QED) is 0.484. The number of hydrogen-bond donors (Lipinski definition) is 0. The molecule has 0 nitrogen and oxygen atoms in total. The summed E-state index contributed by atoms with van der Waals surface area (Å²) < 4.78 is 117. The van der Waals surface area contributed by atoms with Crippen molar-refractivity contribution in [2.75, 3.05) is 0 Å². The van der Waals surface area contributed by atoms with Gasteiger partial charge in [-0.05, 0) is 35.1 Å². The molecule has 1 saturated carbocycles. The molecule has 1 aliphatic rings. The van der Waals surface area contributed by atoms with Crippen LogP contribution in [0.5, 0.6) is 0 Å². The molecule has 0 amide bonds. The summed E-state index contributed by atoms with van der Waals surface area (Å²) in [6.45, 7) is 3.41. The molecule has 0 saturated heterocycles. The van der Waals surface area contributed by atoms with Gasteiger partial charge in [0.25, 0.3) is 0 Å². The third-order valence-electron chi connectivity index (χ3n) is 5.72. The number of halogens is 8. The van der Waals surface area contributed by atoms with Crippen LogP contribution < -0.4 is 0 Å². The molecule has 158 valence electrons. The van der Waals surface area contributed by atoms with Crippen LogP contribution in [0.2, 0.25) is 0 Å². The Hall–Kier alpha value is -2.12. The second kappa shape index (κ2) is 6.44. The molecule has 1 aliphatic carbocycles. The van der Waals surface area contributed by atoms with Crippen molar-refractivity contribution in [1.29, 1.82) is 0 Å². The third-order valence-corrected chi connectivity index (χ3v) is 5.72. The van der Waals surface area contributed by atoms with Gasteiger partial charge in [0.15, 0.2) is 5.41 Å². The summed E-state index contributed by atoms with van der Waals surface area (Å²) in [5, 5.41) is 0. The van der Waals surface area contributed by atoms with Crippen molar-refractivity contribution in [3.8, 4) is 0 Å². The maximum atomic E-state index is 15.1. The molecule has 0 aromatic heterocycles. The van der Waals surface area contributed by atoms with E-state index in [0.29, 0.717) is 24.0 Å². The molecule has 0 spiro atoms. The highest BCUT2D eigenvalue weighted by Gasteiger charge is 2.99. The maximum absolute atomic E-state index is 15.1. The van der Waals surface area contributed by atoms with Gasteiger partial charge < -0.3 is 0 Å². The molecule has 3 rings (SSSR count). The highest BCUT2D eigenvalue weighted by Crippen LogP contribution is 2.73. The zero-order valence-electron chi connectivity index (χ0n) is 15.6. The summed E-state index contributed by atoms with van der Waals surface area (Å²) in [6.07, 6.45) is 0.829. The van der Waals surface area contributed by atoms with E-state index in [0.717, 1.165) is 24.3 Å². The smallest absolute Gasteiger partial charge is 0.198 e. The average Bonchev–Trinajstić information content (AvgIpc) is 2.74. The first kappa shape index (κ1) is 21.6. The van der Waals surface area contributed by atoms with Crippen molar-refractivity contribution >= 4 is 0 Å². The van der Waals surface area contributed by atoms with Gasteiger partial charge in [0, 0.05) is 0 Å². The van der Waals surface area contributed by atoms with Crippen LogP contribution in [0.4, 0.5) is 35.1 Å². The largest absolute Gasteiger partial charge is 0.379 e. The minimum absolute atomic E-state index is 0.414. The summed E-state index contributed by atoms with van der Waals surface area (Å²) in [5.41, 5.74) is -5.13. The van der Waals surface area contributed by atoms with Gasteiger partial charge in [0.1, 0.15) is 0 Å². The predicted octanol–water partition coefficient (Wildman–Crippen LogP) is 6.65. The highest BCUT2D eigenvalue weighted by molar-refractivity contribution is 5.53. The second-order valence-corrected chi connectivity index (χ2v) is 7.15. The van der Waals surface area contributed by atoms with E-state index in [1.165, 1.54) is 24.3 Å². The number of benzene rings is 2. The van der Waals surface area contributed by atoms with Crippen molar-refractivity contribution in [2.45, 2.75) is 55.8 Å². The number of aryl methyl sites for hydroxylation is 2. The van der Waals surface area contributed by atoms with E-state index in [1.807, 2.05) is 0 Å². The van der Waals surface area contributed by atoms with E-state index in [4.69, 9.17) is 0 Å². The van der Waals surface area contributed by atoms with Crippen molar-refractivity contribution in [3.63, 3.8) is 0 Å². The number of rotatable bonds is 4. The van der Waals surface area contributed by atoms with Crippen LogP contribution in [0.3, 0.4) is 0 Å². The van der Waals surface area contributed by atoms with Crippen molar-refractivity contribution < 1.29 is 35.1 Å². The monoisotopic (exact) mass is 422 g/mol. The Labute approximate surface area is 162 Å². The van der Waals surface area contributed by atoms with Crippen LogP contribution >= 0.6 is 0 Å². The Bertz CT molecular complexity index is 806. The minimum Gasteiger partial charge on any atom is -0.198 e. The van der Waals surface area contributed by atoms with E-state index in [9.17, 15) is 17.6 Å². The van der Waals surface area contributed by atoms with Gasteiger partial charge in [-0.3, -0.25) is 0 Å². The van der Waals surface area contributed by atoms with Crippen LogP contribution in [0.15, 0.2) is 48.5 Å². The molecule has 2 aromatic carbocycles. The lowest BCUT2D eigenvalue weighted by molar-refractivity contribution is -0.303. The predicted molar refractivity (Wildman–Crippen MR) is 92.2 cm³/mol. The molecule has 0 heterocycles. The normalized spacial score (nSPS) is 23.1. The summed E-state index contributed by atoms with van der Waals surface area (Å²) in [7, 11) is 0. The Morgan fingerprint density at radius 3 is 1.00 bits per heavy atom. The van der Waals surface area contributed by atoms with Gasteiger partial charge in [0.2, 0.25) is 0 Å². The Morgan fingerprint density at radius 1 is 0.483 bits per heavy atom. The topological polar surface area (TPSA) is 0 Å². The van der Waals surface area contributed by atoms with E-state index in [2.05, 4.69) is 0 Å². The lowest BCUT2D eigenvalue weighted by atomic mass is 9.68. The molecule has 0 bridgehead atoms. The molecule has 0 radical (unpaired) electrons. The zero-order chi connectivity index (χ0) is 21.9. The molecule has 0 unspecified atom stereocenters. The highest BCUT2D eigenvalue weighted by atomic mass is 19.4. The molecule has 2 aromatic rings. The van der Waals surface area contributed by atoms with Gasteiger partial charge in [-0.2, -0.15) is 35.1 Å². The van der Waals surface area contributed by atoms with E-state index >= 15 is 17.6 Å². The fourth-order valence-corrected chi connectivity index (χ4v) is 3.94. The summed E-state index contributed by atoms with van der Waals surface area (Å²) in [5.74, 6) is -24.1. The van der Waals surface area contributed by atoms with Crippen molar-refractivity contribution in [1.82, 2.24) is 0 Å². The van der Waals surface area contributed by atoms with Crippen molar-refractivity contribution in [2.24, 2.45) is 0 Å². The molecular formula is C21H18F8. The van der Waals surface area contributed by atoms with E-state index in [1.54, 1.807) is 13.8 Å². The first-order valence-corrected chi connectivity index (χ1v) is 9.03. The zero-order valence-corrected chi connectivity index (χ0v) is 15.6. The molecule has 1 fully saturated rings. The lowest BCUT2D eigenvalue weighted by Crippen LogP contribution is -2.56. The summed E-state index contributed by atoms with van der Waals surface area (Å²) in [6, 6.07) is 7.96. The molecule has 29 heavy (non-hydrogen) atoms. The van der Waals surface area contributed by atoms with Gasteiger partial charge in [-0.15, -0.1) is 0 Å². The first-order chi connectivity index (χ1) is 13.3. The third kappa shape index (κ3) is 2.37. The maximum Gasteiger partial charge on any atom is 0.379 e.